The van der Waals surface area contributed by atoms with E-state index in [1.54, 1.807) is 13.1 Å². The molecule has 0 aliphatic carbocycles. The molecule has 26 heavy (non-hydrogen) atoms. The molecular formula is C20H29N3O3. The van der Waals surface area contributed by atoms with Gasteiger partial charge in [-0.15, -0.1) is 0 Å². The van der Waals surface area contributed by atoms with Gasteiger partial charge in [-0.25, -0.2) is 0 Å². The molecule has 1 aromatic rings. The summed E-state index contributed by atoms with van der Waals surface area (Å²) < 4.78 is 5.76. The lowest BCUT2D eigenvalue weighted by atomic mass is 9.93. The van der Waals surface area contributed by atoms with Crippen LogP contribution in [0.2, 0.25) is 0 Å². The Labute approximate surface area is 155 Å². The second-order valence-corrected chi connectivity index (χ2v) is 7.32. The first-order valence-corrected chi connectivity index (χ1v) is 9.63. The van der Waals surface area contributed by atoms with E-state index in [0.717, 1.165) is 43.8 Å². The molecule has 0 aromatic heterocycles. The highest BCUT2D eigenvalue weighted by Gasteiger charge is 2.27. The van der Waals surface area contributed by atoms with Gasteiger partial charge in [0.2, 0.25) is 0 Å². The van der Waals surface area contributed by atoms with Crippen LogP contribution >= 0.6 is 0 Å². The monoisotopic (exact) mass is 359 g/mol. The smallest absolute Gasteiger partial charge is 0.254 e. The molecule has 1 fully saturated rings. The lowest BCUT2D eigenvalue weighted by Crippen LogP contribution is -2.29. The van der Waals surface area contributed by atoms with Gasteiger partial charge in [-0.05, 0) is 69.3 Å². The third-order valence-electron chi connectivity index (χ3n) is 5.26. The summed E-state index contributed by atoms with van der Waals surface area (Å²) in [6.45, 7) is 4.85. The van der Waals surface area contributed by atoms with Gasteiger partial charge in [-0.1, -0.05) is 0 Å². The number of nitrogens with one attached hydrogen (secondary N) is 3. The fourth-order valence-corrected chi connectivity index (χ4v) is 3.83. The molecule has 2 aliphatic heterocycles. The van der Waals surface area contributed by atoms with Crippen LogP contribution in [0.4, 0.5) is 0 Å². The van der Waals surface area contributed by atoms with Crippen molar-refractivity contribution in [2.75, 3.05) is 26.7 Å². The van der Waals surface area contributed by atoms with Crippen molar-refractivity contribution < 1.29 is 14.3 Å². The van der Waals surface area contributed by atoms with E-state index in [2.05, 4.69) is 16.0 Å². The van der Waals surface area contributed by atoms with Gasteiger partial charge in [0.25, 0.3) is 11.8 Å². The largest absolute Gasteiger partial charge is 0.489 e. The molecular weight excluding hydrogens is 330 g/mol. The van der Waals surface area contributed by atoms with Gasteiger partial charge in [-0.3, -0.25) is 9.59 Å². The van der Waals surface area contributed by atoms with E-state index in [1.165, 1.54) is 12.8 Å². The molecule has 1 aromatic carbocycles. The van der Waals surface area contributed by atoms with Gasteiger partial charge in [0, 0.05) is 25.6 Å². The summed E-state index contributed by atoms with van der Waals surface area (Å²) in [4.78, 5) is 24.7. The number of carbonyl (C=O) groups excluding carboxylic acids is 2. The highest BCUT2D eigenvalue weighted by atomic mass is 16.5. The highest BCUT2D eigenvalue weighted by Crippen LogP contribution is 2.34. The summed E-state index contributed by atoms with van der Waals surface area (Å²) in [5.74, 6) is 1.03. The van der Waals surface area contributed by atoms with Crippen LogP contribution in [0.1, 0.15) is 58.9 Å². The Hall–Kier alpha value is -2.08. The van der Waals surface area contributed by atoms with Gasteiger partial charge in [0.1, 0.15) is 11.9 Å². The van der Waals surface area contributed by atoms with E-state index in [0.29, 0.717) is 23.4 Å². The number of fused-ring (bicyclic) bond motifs is 1. The zero-order valence-corrected chi connectivity index (χ0v) is 15.7. The first kappa shape index (κ1) is 18.7. The number of benzene rings is 1. The molecule has 2 heterocycles. The molecule has 1 saturated heterocycles. The minimum absolute atomic E-state index is 0.0247. The summed E-state index contributed by atoms with van der Waals surface area (Å²) >= 11 is 0. The van der Waals surface area contributed by atoms with Gasteiger partial charge < -0.3 is 20.7 Å². The van der Waals surface area contributed by atoms with Crippen LogP contribution in [-0.4, -0.2) is 44.6 Å². The SMILES string of the molecule is CNC(=O)c1cc(C(=O)NCCCC2CCNCC2)cc2c1OC(C)C2. The van der Waals surface area contributed by atoms with Crippen LogP contribution in [0.5, 0.6) is 5.75 Å². The summed E-state index contributed by atoms with van der Waals surface area (Å²) in [6.07, 6.45) is 5.34. The fourth-order valence-electron chi connectivity index (χ4n) is 3.83. The maximum Gasteiger partial charge on any atom is 0.254 e. The maximum absolute atomic E-state index is 12.5. The van der Waals surface area contributed by atoms with Crippen LogP contribution in [0, 0.1) is 5.92 Å². The molecule has 142 valence electrons. The number of piperidine rings is 1. The summed E-state index contributed by atoms with van der Waals surface area (Å²) in [5.41, 5.74) is 1.90. The average molecular weight is 359 g/mol. The molecule has 2 amide bonds. The van der Waals surface area contributed by atoms with Crippen molar-refractivity contribution >= 4 is 11.8 Å². The Bertz CT molecular complexity index is 669. The summed E-state index contributed by atoms with van der Waals surface area (Å²) in [5, 5.41) is 9.00. The van der Waals surface area contributed by atoms with Crippen LogP contribution in [0.25, 0.3) is 0 Å². The molecule has 2 aliphatic rings. The Morgan fingerprint density at radius 3 is 2.73 bits per heavy atom. The molecule has 0 radical (unpaired) electrons. The third-order valence-corrected chi connectivity index (χ3v) is 5.26. The summed E-state index contributed by atoms with van der Waals surface area (Å²) in [7, 11) is 1.58. The van der Waals surface area contributed by atoms with Crippen molar-refractivity contribution in [2.45, 2.75) is 45.1 Å². The molecule has 0 saturated carbocycles. The third kappa shape index (κ3) is 4.36. The Kier molecular flexibility index (Phi) is 6.14. The number of carbonyl (C=O) groups is 2. The molecule has 3 N–H and O–H groups in total. The lowest BCUT2D eigenvalue weighted by molar-refractivity contribution is 0.0952. The molecule has 0 spiro atoms. The number of hydrogen-bond acceptors (Lipinski definition) is 4. The zero-order valence-electron chi connectivity index (χ0n) is 15.7. The minimum Gasteiger partial charge on any atom is -0.489 e. The highest BCUT2D eigenvalue weighted by molar-refractivity contribution is 6.02. The van der Waals surface area contributed by atoms with E-state index >= 15 is 0 Å². The van der Waals surface area contributed by atoms with E-state index in [9.17, 15) is 9.59 Å². The fraction of sp³-hybridized carbons (Fsp3) is 0.600. The first-order valence-electron chi connectivity index (χ1n) is 9.63. The normalized spacial score (nSPS) is 19.5. The van der Waals surface area contributed by atoms with E-state index < -0.39 is 0 Å². The average Bonchev–Trinajstić information content (AvgIpc) is 3.04. The van der Waals surface area contributed by atoms with Crippen LogP contribution < -0.4 is 20.7 Å². The van der Waals surface area contributed by atoms with Crippen molar-refractivity contribution in [1.29, 1.82) is 0 Å². The van der Waals surface area contributed by atoms with Gasteiger partial charge in [0.05, 0.1) is 5.56 Å². The topological polar surface area (TPSA) is 79.5 Å². The standard InChI is InChI=1S/C20H29N3O3/c1-13-10-15-11-16(12-17(18(15)26-13)20(25)21-2)19(24)23-7-3-4-14-5-8-22-9-6-14/h11-14,22H,3-10H2,1-2H3,(H,21,25)(H,23,24). The van der Waals surface area contributed by atoms with Gasteiger partial charge in [0.15, 0.2) is 0 Å². The molecule has 3 rings (SSSR count). The van der Waals surface area contributed by atoms with E-state index in [1.807, 2.05) is 13.0 Å². The van der Waals surface area contributed by atoms with Crippen molar-refractivity contribution in [3.05, 3.63) is 28.8 Å². The van der Waals surface area contributed by atoms with Crippen LogP contribution in [0.15, 0.2) is 12.1 Å². The predicted molar refractivity (Wildman–Crippen MR) is 101 cm³/mol. The van der Waals surface area contributed by atoms with Crippen molar-refractivity contribution in [3.63, 3.8) is 0 Å². The summed E-state index contributed by atoms with van der Waals surface area (Å²) in [6, 6.07) is 3.49. The quantitative estimate of drug-likeness (QED) is 0.678. The molecule has 6 nitrogen and oxygen atoms in total. The minimum atomic E-state index is -0.226. The van der Waals surface area contributed by atoms with Crippen LogP contribution in [0.3, 0.4) is 0 Å². The van der Waals surface area contributed by atoms with Crippen molar-refractivity contribution in [1.82, 2.24) is 16.0 Å². The van der Waals surface area contributed by atoms with Gasteiger partial charge >= 0.3 is 0 Å². The second-order valence-electron chi connectivity index (χ2n) is 7.32. The Morgan fingerprint density at radius 2 is 2.00 bits per heavy atom. The lowest BCUT2D eigenvalue weighted by Gasteiger charge is -2.22. The van der Waals surface area contributed by atoms with Gasteiger partial charge in [-0.2, -0.15) is 0 Å². The van der Waals surface area contributed by atoms with Crippen LogP contribution in [-0.2, 0) is 6.42 Å². The van der Waals surface area contributed by atoms with Crippen molar-refractivity contribution in [3.8, 4) is 5.75 Å². The number of rotatable bonds is 6. The van der Waals surface area contributed by atoms with Crippen molar-refractivity contribution in [2.24, 2.45) is 5.92 Å². The Balaban J connectivity index is 1.60. The van der Waals surface area contributed by atoms with E-state index in [4.69, 9.17) is 4.74 Å². The number of hydrogen-bond donors (Lipinski definition) is 3. The zero-order chi connectivity index (χ0) is 18.5. The predicted octanol–water partition coefficient (Wildman–Crippen LogP) is 1.88. The second kappa shape index (κ2) is 8.54. The number of amides is 2. The molecule has 6 heteroatoms. The number of ether oxygens (including phenoxy) is 1. The molecule has 1 atom stereocenters. The first-order chi connectivity index (χ1) is 12.6. The maximum atomic E-state index is 12.5. The molecule has 0 bridgehead atoms. The Morgan fingerprint density at radius 1 is 1.23 bits per heavy atom. The van der Waals surface area contributed by atoms with E-state index in [-0.39, 0.29) is 17.9 Å². The molecule has 1 unspecified atom stereocenters.